The topological polar surface area (TPSA) is 72.3 Å². The monoisotopic (exact) mass is 437 g/mol. The Morgan fingerprint density at radius 1 is 1.10 bits per heavy atom. The lowest BCUT2D eigenvalue weighted by atomic mass is 10.2. The first-order valence-corrected chi connectivity index (χ1v) is 11.5. The number of aromatic nitrogens is 3. The Hall–Kier alpha value is -2.84. The molecule has 4 rings (SSSR count). The van der Waals surface area contributed by atoms with Gasteiger partial charge in [0, 0.05) is 24.3 Å². The molecule has 0 saturated carbocycles. The second-order valence-corrected chi connectivity index (χ2v) is 8.34. The Labute approximate surface area is 186 Å². The third-order valence-electron chi connectivity index (χ3n) is 5.26. The van der Waals surface area contributed by atoms with Gasteiger partial charge in [-0.05, 0) is 50.2 Å². The molecule has 8 heteroatoms. The van der Waals surface area contributed by atoms with Crippen LogP contribution in [0.15, 0.2) is 59.8 Å². The maximum Gasteiger partial charge on any atom is 0.230 e. The first-order chi connectivity index (χ1) is 15.2. The molecule has 0 atom stereocenters. The number of thioether (sulfide) groups is 1. The summed E-state index contributed by atoms with van der Waals surface area (Å²) in [6.07, 6.45) is 2.52. The molecule has 162 valence electrons. The fraction of sp³-hybridized carbons (Fsp3) is 0.348. The number of likely N-dealkylation sites (tertiary alicyclic amines) is 1. The van der Waals surface area contributed by atoms with Gasteiger partial charge in [0.2, 0.25) is 5.91 Å². The summed E-state index contributed by atoms with van der Waals surface area (Å²) in [4.78, 5) is 14.8. The summed E-state index contributed by atoms with van der Waals surface area (Å²) in [5.74, 6) is 1.77. The van der Waals surface area contributed by atoms with Gasteiger partial charge in [-0.1, -0.05) is 42.1 Å². The van der Waals surface area contributed by atoms with Crippen molar-refractivity contribution in [1.82, 2.24) is 25.0 Å². The SMILES string of the molecule is COc1cccc(-c2nnc(SCC(=O)NCCN3CCCC3)n2-c2ccccc2)c1. The third-order valence-corrected chi connectivity index (χ3v) is 6.19. The molecule has 1 aliphatic rings. The zero-order valence-electron chi connectivity index (χ0n) is 17.7. The summed E-state index contributed by atoms with van der Waals surface area (Å²) in [5, 5.41) is 12.5. The van der Waals surface area contributed by atoms with Gasteiger partial charge in [-0.2, -0.15) is 0 Å². The van der Waals surface area contributed by atoms with Crippen molar-refractivity contribution < 1.29 is 9.53 Å². The smallest absolute Gasteiger partial charge is 0.230 e. The Balaban J connectivity index is 1.48. The first kappa shape index (κ1) is 21.4. The maximum absolute atomic E-state index is 12.4. The average Bonchev–Trinajstić information content (AvgIpc) is 3.48. The van der Waals surface area contributed by atoms with Gasteiger partial charge in [-0.25, -0.2) is 0 Å². The van der Waals surface area contributed by atoms with E-state index in [2.05, 4.69) is 20.4 Å². The van der Waals surface area contributed by atoms with E-state index in [0.717, 1.165) is 36.6 Å². The van der Waals surface area contributed by atoms with Crippen molar-refractivity contribution in [2.45, 2.75) is 18.0 Å². The number of carbonyl (C=O) groups excluding carboxylic acids is 1. The molecule has 1 aliphatic heterocycles. The fourth-order valence-electron chi connectivity index (χ4n) is 3.66. The van der Waals surface area contributed by atoms with Crippen LogP contribution in [-0.4, -0.2) is 64.6 Å². The Morgan fingerprint density at radius 2 is 1.90 bits per heavy atom. The lowest BCUT2D eigenvalue weighted by Gasteiger charge is -2.14. The molecule has 7 nitrogen and oxygen atoms in total. The van der Waals surface area contributed by atoms with Crippen LogP contribution in [0.2, 0.25) is 0 Å². The molecule has 1 N–H and O–H groups in total. The van der Waals surface area contributed by atoms with Crippen LogP contribution >= 0.6 is 11.8 Å². The quantitative estimate of drug-likeness (QED) is 0.518. The van der Waals surface area contributed by atoms with Crippen LogP contribution in [0.4, 0.5) is 0 Å². The standard InChI is InChI=1S/C23H27N5O2S/c1-30-20-11-7-8-18(16-20)22-25-26-23(28(22)19-9-3-2-4-10-19)31-17-21(29)24-12-15-27-13-5-6-14-27/h2-4,7-11,16H,5-6,12-15,17H2,1H3,(H,24,29). The van der Waals surface area contributed by atoms with E-state index in [1.54, 1.807) is 7.11 Å². The number of rotatable bonds is 9. The van der Waals surface area contributed by atoms with Gasteiger partial charge in [0.05, 0.1) is 12.9 Å². The molecule has 1 saturated heterocycles. The zero-order valence-corrected chi connectivity index (χ0v) is 18.5. The van der Waals surface area contributed by atoms with Crippen molar-refractivity contribution in [1.29, 1.82) is 0 Å². The van der Waals surface area contributed by atoms with Gasteiger partial charge in [-0.15, -0.1) is 10.2 Å². The van der Waals surface area contributed by atoms with E-state index in [0.29, 0.717) is 23.3 Å². The van der Waals surface area contributed by atoms with Crippen molar-refractivity contribution in [3.05, 3.63) is 54.6 Å². The number of ether oxygens (including phenoxy) is 1. The van der Waals surface area contributed by atoms with E-state index in [1.165, 1.54) is 24.6 Å². The van der Waals surface area contributed by atoms with Crippen LogP contribution in [0.1, 0.15) is 12.8 Å². The molecular weight excluding hydrogens is 410 g/mol. The van der Waals surface area contributed by atoms with Gasteiger partial charge in [-0.3, -0.25) is 9.36 Å². The average molecular weight is 438 g/mol. The molecule has 1 aromatic heterocycles. The van der Waals surface area contributed by atoms with Gasteiger partial charge < -0.3 is 15.0 Å². The highest BCUT2D eigenvalue weighted by atomic mass is 32.2. The molecule has 2 aromatic carbocycles. The molecule has 31 heavy (non-hydrogen) atoms. The normalized spacial score (nSPS) is 14.0. The molecule has 3 aromatic rings. The second kappa shape index (κ2) is 10.5. The number of nitrogens with zero attached hydrogens (tertiary/aromatic N) is 4. The lowest BCUT2D eigenvalue weighted by molar-refractivity contribution is -0.118. The van der Waals surface area contributed by atoms with Crippen molar-refractivity contribution in [2.24, 2.45) is 0 Å². The van der Waals surface area contributed by atoms with E-state index in [9.17, 15) is 4.79 Å². The van der Waals surface area contributed by atoms with Crippen LogP contribution in [0, 0.1) is 0 Å². The number of para-hydroxylation sites is 1. The fourth-order valence-corrected chi connectivity index (χ4v) is 4.44. The minimum atomic E-state index is 0.00902. The predicted octanol–water partition coefficient (Wildman–Crippen LogP) is 3.25. The highest BCUT2D eigenvalue weighted by Gasteiger charge is 2.18. The van der Waals surface area contributed by atoms with E-state index in [-0.39, 0.29) is 5.91 Å². The minimum Gasteiger partial charge on any atom is -0.497 e. The van der Waals surface area contributed by atoms with Crippen LogP contribution in [0.25, 0.3) is 17.1 Å². The summed E-state index contributed by atoms with van der Waals surface area (Å²) < 4.78 is 7.35. The summed E-state index contributed by atoms with van der Waals surface area (Å²) in [7, 11) is 1.64. The molecular formula is C23H27N5O2S. The van der Waals surface area contributed by atoms with E-state index < -0.39 is 0 Å². The molecule has 2 heterocycles. The molecule has 0 unspecified atom stereocenters. The van der Waals surface area contributed by atoms with Crippen LogP contribution in [-0.2, 0) is 4.79 Å². The van der Waals surface area contributed by atoms with E-state index >= 15 is 0 Å². The van der Waals surface area contributed by atoms with Crippen molar-refractivity contribution in [3.63, 3.8) is 0 Å². The molecule has 1 fully saturated rings. The van der Waals surface area contributed by atoms with Gasteiger partial charge in [0.25, 0.3) is 0 Å². The number of benzene rings is 2. The van der Waals surface area contributed by atoms with Gasteiger partial charge in [0.1, 0.15) is 5.75 Å². The van der Waals surface area contributed by atoms with Crippen LogP contribution < -0.4 is 10.1 Å². The van der Waals surface area contributed by atoms with Crippen molar-refractivity contribution in [2.75, 3.05) is 39.0 Å². The highest BCUT2D eigenvalue weighted by Crippen LogP contribution is 2.29. The summed E-state index contributed by atoms with van der Waals surface area (Å²) >= 11 is 1.39. The van der Waals surface area contributed by atoms with Crippen LogP contribution in [0.5, 0.6) is 5.75 Å². The summed E-state index contributed by atoms with van der Waals surface area (Å²) in [5.41, 5.74) is 1.85. The maximum atomic E-state index is 12.4. The highest BCUT2D eigenvalue weighted by molar-refractivity contribution is 7.99. The molecule has 0 spiro atoms. The number of nitrogens with one attached hydrogen (secondary N) is 1. The van der Waals surface area contributed by atoms with Crippen LogP contribution in [0.3, 0.4) is 0 Å². The molecule has 1 amide bonds. The number of hydrogen-bond donors (Lipinski definition) is 1. The number of hydrogen-bond acceptors (Lipinski definition) is 6. The summed E-state index contributed by atoms with van der Waals surface area (Å²) in [6.45, 7) is 3.87. The Bertz CT molecular complexity index is 1000. The number of methoxy groups -OCH3 is 1. The largest absolute Gasteiger partial charge is 0.497 e. The second-order valence-electron chi connectivity index (χ2n) is 7.40. The Morgan fingerprint density at radius 3 is 2.68 bits per heavy atom. The minimum absolute atomic E-state index is 0.00902. The first-order valence-electron chi connectivity index (χ1n) is 10.5. The van der Waals surface area contributed by atoms with E-state index in [1.807, 2.05) is 59.2 Å². The van der Waals surface area contributed by atoms with Crippen molar-refractivity contribution >= 4 is 17.7 Å². The van der Waals surface area contributed by atoms with Gasteiger partial charge in [0.15, 0.2) is 11.0 Å². The Kier molecular flexibility index (Phi) is 7.22. The van der Waals surface area contributed by atoms with E-state index in [4.69, 9.17) is 4.74 Å². The summed E-state index contributed by atoms with van der Waals surface area (Å²) in [6, 6.07) is 17.7. The zero-order chi connectivity index (χ0) is 21.5. The van der Waals surface area contributed by atoms with Gasteiger partial charge >= 0.3 is 0 Å². The number of amides is 1. The number of carbonyl (C=O) groups is 1. The third kappa shape index (κ3) is 5.45. The molecule has 0 bridgehead atoms. The molecule has 0 radical (unpaired) electrons. The molecule has 0 aliphatic carbocycles. The lowest BCUT2D eigenvalue weighted by Crippen LogP contribution is -2.34. The predicted molar refractivity (Wildman–Crippen MR) is 123 cm³/mol. The van der Waals surface area contributed by atoms with Crippen molar-refractivity contribution in [3.8, 4) is 22.8 Å².